The lowest BCUT2D eigenvalue weighted by Gasteiger charge is -2.06. The molecule has 0 saturated heterocycles. The van der Waals surface area contributed by atoms with Gasteiger partial charge in [0, 0.05) is 29.2 Å². The molecule has 190 valence electrons. The van der Waals surface area contributed by atoms with Crippen molar-refractivity contribution in [2.24, 2.45) is 7.05 Å². The van der Waals surface area contributed by atoms with Crippen LogP contribution in [0, 0.1) is 0 Å². The number of nitrogens with zero attached hydrogens (tertiary/aromatic N) is 3. The second kappa shape index (κ2) is 8.25. The number of benzene rings is 4. The van der Waals surface area contributed by atoms with Crippen molar-refractivity contribution in [3.63, 3.8) is 0 Å². The smallest absolute Gasteiger partial charge is 0.197 e. The number of imidazole rings is 1. The number of aryl methyl sites for hydroxylation is 1. The number of hydrogen-bond acceptors (Lipinski definition) is 4. The quantitative estimate of drug-likeness (QED) is 0.180. The molecule has 0 bridgehead atoms. The predicted molar refractivity (Wildman–Crippen MR) is 156 cm³/mol. The van der Waals surface area contributed by atoms with Gasteiger partial charge in [0.1, 0.15) is 11.4 Å². The normalized spacial score (nSPS) is 13.2. The van der Waals surface area contributed by atoms with Crippen molar-refractivity contribution in [3.8, 4) is 17.1 Å². The Balaban J connectivity index is 1.32. The molecule has 3 aromatic heterocycles. The first kappa shape index (κ1) is 22.5. The summed E-state index contributed by atoms with van der Waals surface area (Å²) in [5.41, 5.74) is 5.12. The molecule has 3 heterocycles. The highest BCUT2D eigenvalue weighted by Gasteiger charge is 2.34. The van der Waals surface area contributed by atoms with Gasteiger partial charge in [-0.15, -0.1) is 0 Å². The van der Waals surface area contributed by atoms with Crippen LogP contribution < -0.4 is 0 Å². The van der Waals surface area contributed by atoms with Crippen molar-refractivity contribution in [2.45, 2.75) is 0 Å². The fraction of sp³-hybridized carbons (Fsp3) is 0.0294. The first-order valence-corrected chi connectivity index (χ1v) is 13.0. The van der Waals surface area contributed by atoms with E-state index in [4.69, 9.17) is 9.40 Å². The molecule has 8 rings (SSSR count). The third-order valence-electron chi connectivity index (χ3n) is 7.70. The molecular formula is C34H21N3O3. The van der Waals surface area contributed by atoms with E-state index in [0.717, 1.165) is 44.4 Å². The Bertz CT molecular complexity index is 2120. The molecule has 6 nitrogen and oxygen atoms in total. The topological polar surface area (TPSA) is 70.0 Å². The summed E-state index contributed by atoms with van der Waals surface area (Å²) in [5, 5.41) is 2.88. The molecule has 4 aromatic carbocycles. The van der Waals surface area contributed by atoms with Gasteiger partial charge < -0.3 is 8.98 Å². The summed E-state index contributed by atoms with van der Waals surface area (Å²) in [7, 11) is 1.94. The van der Waals surface area contributed by atoms with E-state index in [1.165, 1.54) is 0 Å². The Hall–Kier alpha value is -5.49. The van der Waals surface area contributed by atoms with Crippen LogP contribution in [-0.2, 0) is 7.05 Å². The zero-order chi connectivity index (χ0) is 27.0. The first-order chi connectivity index (χ1) is 19.6. The number of allylic oxidation sites excluding steroid dienone is 1. The second-order valence-electron chi connectivity index (χ2n) is 10.0. The van der Waals surface area contributed by atoms with Gasteiger partial charge in [0.05, 0.1) is 16.8 Å². The van der Waals surface area contributed by atoms with E-state index in [-0.39, 0.29) is 17.1 Å². The van der Waals surface area contributed by atoms with Crippen LogP contribution in [0.2, 0.25) is 0 Å². The van der Waals surface area contributed by atoms with E-state index in [2.05, 4.69) is 0 Å². The average molecular weight is 520 g/mol. The van der Waals surface area contributed by atoms with Gasteiger partial charge in [0.2, 0.25) is 0 Å². The maximum Gasteiger partial charge on any atom is 0.197 e. The number of aromatic nitrogens is 3. The maximum absolute atomic E-state index is 13.5. The Morgan fingerprint density at radius 3 is 2.02 bits per heavy atom. The van der Waals surface area contributed by atoms with Crippen LogP contribution in [0.25, 0.3) is 56.1 Å². The summed E-state index contributed by atoms with van der Waals surface area (Å²) in [6.07, 6.45) is 1.63. The molecule has 0 amide bonds. The molecule has 0 saturated carbocycles. The van der Waals surface area contributed by atoms with Crippen molar-refractivity contribution in [2.75, 3.05) is 0 Å². The zero-order valence-electron chi connectivity index (χ0n) is 21.5. The number of ketones is 2. The van der Waals surface area contributed by atoms with E-state index in [1.54, 1.807) is 6.08 Å². The first-order valence-electron chi connectivity index (χ1n) is 13.0. The van der Waals surface area contributed by atoms with Crippen molar-refractivity contribution < 1.29 is 14.0 Å². The lowest BCUT2D eigenvalue weighted by atomic mass is 10.0. The van der Waals surface area contributed by atoms with Crippen LogP contribution in [0.4, 0.5) is 0 Å². The van der Waals surface area contributed by atoms with Gasteiger partial charge in [-0.3, -0.25) is 14.2 Å². The number of hydrogen-bond donors (Lipinski definition) is 0. The number of fused-ring (bicyclic) bond motifs is 4. The number of para-hydroxylation sites is 2. The third-order valence-corrected chi connectivity index (χ3v) is 7.70. The zero-order valence-corrected chi connectivity index (χ0v) is 21.5. The van der Waals surface area contributed by atoms with Crippen molar-refractivity contribution in [1.29, 1.82) is 0 Å². The Morgan fingerprint density at radius 1 is 0.725 bits per heavy atom. The molecule has 0 fully saturated rings. The lowest BCUT2D eigenvalue weighted by Crippen LogP contribution is -2.03. The highest BCUT2D eigenvalue weighted by Crippen LogP contribution is 2.35. The molecule has 40 heavy (non-hydrogen) atoms. The number of Topliss-reactive ketones (excluding diaryl/α,β-unsaturated/α-hetero) is 2. The average Bonchev–Trinajstić information content (AvgIpc) is 3.71. The summed E-state index contributed by atoms with van der Waals surface area (Å²) in [4.78, 5) is 32.0. The SMILES string of the molecule is Cn1c(-c2cc3ccccc3o2)cc2c1nc(C=C1C(=O)c3cc4ccccc4cc3C1=O)n2-c1ccccc1. The minimum absolute atomic E-state index is 0.121. The van der Waals surface area contributed by atoms with Crippen LogP contribution in [0.3, 0.4) is 0 Å². The van der Waals surface area contributed by atoms with Crippen LogP contribution >= 0.6 is 0 Å². The van der Waals surface area contributed by atoms with Crippen molar-refractivity contribution in [1.82, 2.24) is 14.1 Å². The van der Waals surface area contributed by atoms with Crippen LogP contribution in [0.15, 0.2) is 113 Å². The maximum atomic E-state index is 13.5. The number of rotatable bonds is 3. The number of carbonyl (C=O) groups is 2. The number of carbonyl (C=O) groups excluding carboxylic acids is 2. The van der Waals surface area contributed by atoms with Gasteiger partial charge >= 0.3 is 0 Å². The second-order valence-corrected chi connectivity index (χ2v) is 10.0. The van der Waals surface area contributed by atoms with Gasteiger partial charge in [0.25, 0.3) is 0 Å². The molecule has 1 aliphatic carbocycles. The Labute approximate surface area is 228 Å². The van der Waals surface area contributed by atoms with Gasteiger partial charge in [-0.2, -0.15) is 0 Å². The summed E-state index contributed by atoms with van der Waals surface area (Å²) < 4.78 is 10.1. The molecule has 0 spiro atoms. The Kier molecular flexibility index (Phi) is 4.64. The highest BCUT2D eigenvalue weighted by atomic mass is 16.3. The van der Waals surface area contributed by atoms with Gasteiger partial charge in [-0.1, -0.05) is 60.7 Å². The molecule has 0 atom stereocenters. The minimum atomic E-state index is -0.277. The third kappa shape index (κ3) is 3.20. The molecule has 6 heteroatoms. The summed E-state index contributed by atoms with van der Waals surface area (Å²) >= 11 is 0. The van der Waals surface area contributed by atoms with E-state index >= 15 is 0 Å². The molecule has 1 aliphatic rings. The molecule has 0 N–H and O–H groups in total. The minimum Gasteiger partial charge on any atom is -0.455 e. The molecule has 0 unspecified atom stereocenters. The lowest BCUT2D eigenvalue weighted by molar-refractivity contribution is 0.0990. The summed E-state index contributed by atoms with van der Waals surface area (Å²) in [5.74, 6) is 0.697. The standard InChI is InChI=1S/C34H21N3O3/c1-36-27(30-17-22-11-7-8-14-29(22)40-30)19-28-34(36)35-31(37(28)23-12-3-2-4-13-23)18-26-32(38)24-15-20-9-5-6-10-21(20)16-25(24)33(26)39/h2-19H,1H3. The van der Waals surface area contributed by atoms with Gasteiger partial charge in [-0.25, -0.2) is 4.98 Å². The van der Waals surface area contributed by atoms with E-state index in [1.807, 2.05) is 119 Å². The van der Waals surface area contributed by atoms with E-state index in [0.29, 0.717) is 22.6 Å². The summed E-state index contributed by atoms with van der Waals surface area (Å²) in [6, 6.07) is 33.2. The Morgan fingerprint density at radius 2 is 1.35 bits per heavy atom. The van der Waals surface area contributed by atoms with E-state index < -0.39 is 0 Å². The van der Waals surface area contributed by atoms with Crippen molar-refractivity contribution >= 4 is 50.5 Å². The molecular weight excluding hydrogens is 498 g/mol. The fourth-order valence-corrected chi connectivity index (χ4v) is 5.71. The largest absolute Gasteiger partial charge is 0.455 e. The fourth-order valence-electron chi connectivity index (χ4n) is 5.71. The molecule has 0 aliphatic heterocycles. The van der Waals surface area contributed by atoms with Gasteiger partial charge in [0.15, 0.2) is 23.0 Å². The van der Waals surface area contributed by atoms with Crippen LogP contribution in [0.5, 0.6) is 0 Å². The van der Waals surface area contributed by atoms with Crippen molar-refractivity contribution in [3.05, 3.63) is 126 Å². The molecule has 0 radical (unpaired) electrons. The predicted octanol–water partition coefficient (Wildman–Crippen LogP) is 7.39. The monoisotopic (exact) mass is 519 g/mol. The van der Waals surface area contributed by atoms with Crippen LogP contribution in [0.1, 0.15) is 26.5 Å². The molecule has 7 aromatic rings. The number of furan rings is 1. The van der Waals surface area contributed by atoms with E-state index in [9.17, 15) is 9.59 Å². The summed E-state index contributed by atoms with van der Waals surface area (Å²) in [6.45, 7) is 0. The van der Waals surface area contributed by atoms with Gasteiger partial charge in [-0.05, 0) is 59.3 Å². The van der Waals surface area contributed by atoms with Crippen LogP contribution in [-0.4, -0.2) is 25.7 Å². The highest BCUT2D eigenvalue weighted by molar-refractivity contribution is 6.42.